The lowest BCUT2D eigenvalue weighted by atomic mass is 10.1. The molecular weight excluding hydrogens is 354 g/mol. The lowest BCUT2D eigenvalue weighted by molar-refractivity contribution is -0.111. The van der Waals surface area contributed by atoms with Gasteiger partial charge in [-0.05, 0) is 48.7 Å². The smallest absolute Gasteiger partial charge is 0.249 e. The van der Waals surface area contributed by atoms with Crippen LogP contribution in [0, 0.1) is 13.8 Å². The van der Waals surface area contributed by atoms with E-state index in [9.17, 15) is 4.79 Å². The van der Waals surface area contributed by atoms with E-state index in [4.69, 9.17) is 5.10 Å². The number of thioether (sulfide) groups is 1. The monoisotopic (exact) mass is 375 g/mol. The van der Waals surface area contributed by atoms with Crippen LogP contribution < -0.4 is 5.32 Å². The molecule has 0 unspecified atom stereocenters. The van der Waals surface area contributed by atoms with Crippen LogP contribution in [0.1, 0.15) is 27.9 Å². The van der Waals surface area contributed by atoms with Crippen molar-refractivity contribution in [2.75, 3.05) is 5.32 Å². The van der Waals surface area contributed by atoms with Crippen LogP contribution in [0.4, 0.5) is 5.82 Å². The van der Waals surface area contributed by atoms with Crippen molar-refractivity contribution in [1.29, 1.82) is 0 Å². The van der Waals surface area contributed by atoms with Gasteiger partial charge in [-0.15, -0.1) is 0 Å². The van der Waals surface area contributed by atoms with Gasteiger partial charge in [-0.1, -0.05) is 36.4 Å². The number of hydrogen-bond acceptors (Lipinski definition) is 3. The summed E-state index contributed by atoms with van der Waals surface area (Å²) in [5.41, 5.74) is 6.51. The molecule has 0 aliphatic carbocycles. The highest BCUT2D eigenvalue weighted by atomic mass is 32.2. The Morgan fingerprint density at radius 2 is 1.85 bits per heavy atom. The Morgan fingerprint density at radius 3 is 2.59 bits per heavy atom. The summed E-state index contributed by atoms with van der Waals surface area (Å²) in [4.78, 5) is 12.6. The van der Waals surface area contributed by atoms with Crippen LogP contribution >= 0.6 is 11.8 Å². The van der Waals surface area contributed by atoms with Gasteiger partial charge in [0.05, 0.1) is 11.4 Å². The van der Waals surface area contributed by atoms with Gasteiger partial charge < -0.3 is 5.32 Å². The molecule has 2 aromatic carbocycles. The van der Waals surface area contributed by atoms with Gasteiger partial charge in [-0.3, -0.25) is 4.79 Å². The molecule has 1 aliphatic rings. The number of anilines is 1. The molecule has 0 atom stereocenters. The summed E-state index contributed by atoms with van der Waals surface area (Å²) in [5.74, 6) is 2.39. The summed E-state index contributed by atoms with van der Waals surface area (Å²) < 4.78 is 1.87. The summed E-state index contributed by atoms with van der Waals surface area (Å²) in [6.45, 7) is 4.15. The van der Waals surface area contributed by atoms with E-state index in [-0.39, 0.29) is 5.91 Å². The molecule has 1 N–H and O–H groups in total. The van der Waals surface area contributed by atoms with Crippen molar-refractivity contribution >= 4 is 29.6 Å². The van der Waals surface area contributed by atoms with Crippen LogP contribution in [-0.2, 0) is 16.3 Å². The Hall–Kier alpha value is -2.79. The maximum atomic E-state index is 12.6. The van der Waals surface area contributed by atoms with E-state index < -0.39 is 0 Å². The number of nitrogens with one attached hydrogen (secondary N) is 1. The number of carbonyl (C=O) groups is 1. The van der Waals surface area contributed by atoms with Gasteiger partial charge in [0.25, 0.3) is 0 Å². The van der Waals surface area contributed by atoms with Crippen molar-refractivity contribution in [3.8, 4) is 5.69 Å². The standard InChI is InChI=1S/C22H21N3OS/c1-15-10-16(2)12-18(11-15)25-22(19-13-27-14-20(19)24-25)23-21(26)9-8-17-6-4-3-5-7-17/h3-12H,13-14H2,1-2H3,(H,23,26)/b9-8+. The van der Waals surface area contributed by atoms with E-state index in [0.717, 1.165) is 39.8 Å². The van der Waals surface area contributed by atoms with Gasteiger partial charge in [0.15, 0.2) is 0 Å². The van der Waals surface area contributed by atoms with E-state index >= 15 is 0 Å². The number of aryl methyl sites for hydroxylation is 2. The lowest BCUT2D eigenvalue weighted by Crippen LogP contribution is -2.13. The molecule has 0 radical (unpaired) electrons. The van der Waals surface area contributed by atoms with Gasteiger partial charge in [-0.25, -0.2) is 4.68 Å². The Kier molecular flexibility index (Phi) is 4.86. The number of amides is 1. The summed E-state index contributed by atoms with van der Waals surface area (Å²) in [5, 5.41) is 7.83. The van der Waals surface area contributed by atoms with Gasteiger partial charge >= 0.3 is 0 Å². The fourth-order valence-corrected chi connectivity index (χ4v) is 4.33. The molecule has 136 valence electrons. The Bertz CT molecular complexity index is 1000. The molecule has 1 amide bonds. The topological polar surface area (TPSA) is 46.9 Å². The molecule has 5 heteroatoms. The summed E-state index contributed by atoms with van der Waals surface area (Å²) in [7, 11) is 0. The molecule has 0 bridgehead atoms. The number of nitrogens with zero attached hydrogens (tertiary/aromatic N) is 2. The van der Waals surface area contributed by atoms with Crippen LogP contribution in [0.25, 0.3) is 11.8 Å². The summed E-state index contributed by atoms with van der Waals surface area (Å²) in [6.07, 6.45) is 3.39. The zero-order valence-corrected chi connectivity index (χ0v) is 16.2. The van der Waals surface area contributed by atoms with Crippen molar-refractivity contribution in [3.63, 3.8) is 0 Å². The van der Waals surface area contributed by atoms with E-state index in [1.165, 1.54) is 11.1 Å². The first-order chi connectivity index (χ1) is 13.1. The van der Waals surface area contributed by atoms with Crippen LogP contribution in [0.15, 0.2) is 54.6 Å². The Balaban J connectivity index is 1.66. The maximum Gasteiger partial charge on any atom is 0.249 e. The van der Waals surface area contributed by atoms with Crippen LogP contribution in [0.5, 0.6) is 0 Å². The van der Waals surface area contributed by atoms with Crippen molar-refractivity contribution in [2.24, 2.45) is 0 Å². The minimum atomic E-state index is -0.149. The molecule has 4 nitrogen and oxygen atoms in total. The molecule has 0 saturated carbocycles. The number of aromatic nitrogens is 2. The van der Waals surface area contributed by atoms with E-state index in [0.29, 0.717) is 0 Å². The third kappa shape index (κ3) is 3.83. The van der Waals surface area contributed by atoms with Crippen LogP contribution in [-0.4, -0.2) is 15.7 Å². The molecule has 3 aromatic rings. The maximum absolute atomic E-state index is 12.6. The number of hydrogen-bond donors (Lipinski definition) is 1. The molecule has 0 fully saturated rings. The molecule has 1 aromatic heterocycles. The second-order valence-corrected chi connectivity index (χ2v) is 7.74. The zero-order chi connectivity index (χ0) is 18.8. The number of rotatable bonds is 4. The molecule has 1 aliphatic heterocycles. The van der Waals surface area contributed by atoms with Crippen molar-refractivity contribution in [2.45, 2.75) is 25.4 Å². The number of fused-ring (bicyclic) bond motifs is 1. The predicted octanol–water partition coefficient (Wildman–Crippen LogP) is 4.89. The van der Waals surface area contributed by atoms with Gasteiger partial charge in [-0.2, -0.15) is 16.9 Å². The van der Waals surface area contributed by atoms with Gasteiger partial charge in [0.1, 0.15) is 5.82 Å². The first-order valence-corrected chi connectivity index (χ1v) is 10.1. The largest absolute Gasteiger partial charge is 0.307 e. The third-order valence-corrected chi connectivity index (χ3v) is 5.44. The Morgan fingerprint density at radius 1 is 1.11 bits per heavy atom. The van der Waals surface area contributed by atoms with Crippen molar-refractivity contribution < 1.29 is 4.79 Å². The minimum absolute atomic E-state index is 0.149. The SMILES string of the molecule is Cc1cc(C)cc(-n2nc3c(c2NC(=O)/C=C/c2ccccc2)CSC3)c1. The average Bonchev–Trinajstić information content (AvgIpc) is 3.23. The third-order valence-electron chi connectivity index (χ3n) is 4.47. The van der Waals surface area contributed by atoms with Crippen LogP contribution in [0.3, 0.4) is 0 Å². The second-order valence-electron chi connectivity index (χ2n) is 6.76. The highest BCUT2D eigenvalue weighted by Crippen LogP contribution is 2.36. The highest BCUT2D eigenvalue weighted by molar-refractivity contribution is 7.98. The average molecular weight is 375 g/mol. The van der Waals surface area contributed by atoms with Gasteiger partial charge in [0.2, 0.25) is 5.91 Å². The molecular formula is C22H21N3OS. The first-order valence-electron chi connectivity index (χ1n) is 8.91. The molecule has 0 saturated heterocycles. The van der Waals surface area contributed by atoms with E-state index in [1.54, 1.807) is 6.08 Å². The fraction of sp³-hybridized carbons (Fsp3) is 0.182. The van der Waals surface area contributed by atoms with Gasteiger partial charge in [0, 0.05) is 23.1 Å². The van der Waals surface area contributed by atoms with Crippen molar-refractivity contribution in [3.05, 3.63) is 82.6 Å². The minimum Gasteiger partial charge on any atom is -0.307 e. The van der Waals surface area contributed by atoms with Crippen LogP contribution in [0.2, 0.25) is 0 Å². The van der Waals surface area contributed by atoms with E-state index in [2.05, 4.69) is 37.4 Å². The fourth-order valence-electron chi connectivity index (χ4n) is 3.30. The highest BCUT2D eigenvalue weighted by Gasteiger charge is 2.24. The Labute approximate surface area is 163 Å². The number of carbonyl (C=O) groups excluding carboxylic acids is 1. The van der Waals surface area contributed by atoms with E-state index in [1.807, 2.05) is 52.9 Å². The molecule has 0 spiro atoms. The zero-order valence-electron chi connectivity index (χ0n) is 15.4. The predicted molar refractivity (Wildman–Crippen MR) is 112 cm³/mol. The summed E-state index contributed by atoms with van der Waals surface area (Å²) >= 11 is 1.83. The van der Waals surface area contributed by atoms with Crippen molar-refractivity contribution in [1.82, 2.24) is 9.78 Å². The first kappa shape index (κ1) is 17.6. The lowest BCUT2D eigenvalue weighted by Gasteiger charge is -2.11. The molecule has 4 rings (SSSR count). The second kappa shape index (κ2) is 7.45. The molecule has 27 heavy (non-hydrogen) atoms. The quantitative estimate of drug-likeness (QED) is 0.661. The normalized spacial score (nSPS) is 13.1. The number of benzene rings is 2. The molecule has 2 heterocycles. The summed E-state index contributed by atoms with van der Waals surface area (Å²) in [6, 6.07) is 16.1.